The highest BCUT2D eigenvalue weighted by Crippen LogP contribution is 2.50. The molecule has 25 heavy (non-hydrogen) atoms. The van der Waals surface area contributed by atoms with E-state index in [4.69, 9.17) is 4.74 Å². The van der Waals surface area contributed by atoms with Crippen molar-refractivity contribution < 1.29 is 9.53 Å². The first-order valence-electron chi connectivity index (χ1n) is 8.93. The van der Waals surface area contributed by atoms with Crippen LogP contribution in [0, 0.1) is 0 Å². The predicted octanol–water partition coefficient (Wildman–Crippen LogP) is 2.92. The standard InChI is InChI=1S/C20H23N3O2/c1-25-17-6-4-16(5-7-17)20(8-9-20)19(24)23-12-2-3-15(14-23)18-13-21-10-11-22-18/h4-7,10-11,13,15H,2-3,8-9,12,14H2,1H3. The summed E-state index contributed by atoms with van der Waals surface area (Å²) >= 11 is 0. The van der Waals surface area contributed by atoms with Gasteiger partial charge in [0.05, 0.1) is 18.2 Å². The molecule has 0 radical (unpaired) electrons. The molecule has 0 N–H and O–H groups in total. The van der Waals surface area contributed by atoms with Crippen LogP contribution < -0.4 is 4.74 Å². The van der Waals surface area contributed by atoms with Crippen LogP contribution >= 0.6 is 0 Å². The Bertz CT molecular complexity index is 741. The fourth-order valence-corrected chi connectivity index (χ4v) is 3.89. The van der Waals surface area contributed by atoms with Gasteiger partial charge >= 0.3 is 0 Å². The van der Waals surface area contributed by atoms with Crippen molar-refractivity contribution in [1.29, 1.82) is 0 Å². The van der Waals surface area contributed by atoms with Gasteiger partial charge in [-0.2, -0.15) is 0 Å². The van der Waals surface area contributed by atoms with Gasteiger partial charge < -0.3 is 9.64 Å². The van der Waals surface area contributed by atoms with Crippen molar-refractivity contribution in [2.75, 3.05) is 20.2 Å². The summed E-state index contributed by atoms with van der Waals surface area (Å²) < 4.78 is 5.23. The summed E-state index contributed by atoms with van der Waals surface area (Å²) in [4.78, 5) is 23.9. The minimum atomic E-state index is -0.323. The maximum atomic E-state index is 13.3. The molecule has 2 heterocycles. The van der Waals surface area contributed by atoms with Gasteiger partial charge in [0.15, 0.2) is 0 Å². The Labute approximate surface area is 148 Å². The first-order valence-corrected chi connectivity index (χ1v) is 8.93. The van der Waals surface area contributed by atoms with Crippen molar-refractivity contribution >= 4 is 5.91 Å². The zero-order valence-corrected chi connectivity index (χ0v) is 14.5. The summed E-state index contributed by atoms with van der Waals surface area (Å²) in [5, 5.41) is 0. The van der Waals surface area contributed by atoms with E-state index >= 15 is 0 Å². The molecule has 1 aliphatic carbocycles. The van der Waals surface area contributed by atoms with Crippen LogP contribution in [0.3, 0.4) is 0 Å². The number of nitrogens with zero attached hydrogens (tertiary/aromatic N) is 3. The molecule has 2 aromatic rings. The molecule has 2 aliphatic rings. The number of rotatable bonds is 4. The minimum absolute atomic E-state index is 0.270. The normalized spacial score (nSPS) is 21.6. The summed E-state index contributed by atoms with van der Waals surface area (Å²) in [5.41, 5.74) is 1.78. The third kappa shape index (κ3) is 2.99. The second kappa shape index (κ2) is 6.47. The van der Waals surface area contributed by atoms with Crippen molar-refractivity contribution in [3.63, 3.8) is 0 Å². The topological polar surface area (TPSA) is 55.3 Å². The van der Waals surface area contributed by atoms with Crippen molar-refractivity contribution in [3.05, 3.63) is 54.1 Å². The maximum Gasteiger partial charge on any atom is 0.233 e. The molecular weight excluding hydrogens is 314 g/mol. The highest BCUT2D eigenvalue weighted by Gasteiger charge is 2.53. The van der Waals surface area contributed by atoms with Crippen molar-refractivity contribution in [3.8, 4) is 5.75 Å². The van der Waals surface area contributed by atoms with E-state index in [9.17, 15) is 4.79 Å². The Morgan fingerprint density at radius 3 is 2.68 bits per heavy atom. The number of hydrogen-bond donors (Lipinski definition) is 0. The third-order valence-electron chi connectivity index (χ3n) is 5.51. The van der Waals surface area contributed by atoms with Gasteiger partial charge in [-0.05, 0) is 43.4 Å². The highest BCUT2D eigenvalue weighted by molar-refractivity contribution is 5.91. The van der Waals surface area contributed by atoms with Crippen molar-refractivity contribution in [2.45, 2.75) is 37.0 Å². The second-order valence-electron chi connectivity index (χ2n) is 7.03. The second-order valence-corrected chi connectivity index (χ2v) is 7.03. The molecule has 1 aromatic carbocycles. The van der Waals surface area contributed by atoms with Crippen LogP contribution in [0.4, 0.5) is 0 Å². The number of piperidine rings is 1. The van der Waals surface area contributed by atoms with Gasteiger partial charge in [-0.25, -0.2) is 0 Å². The van der Waals surface area contributed by atoms with E-state index in [0.29, 0.717) is 0 Å². The molecule has 1 amide bonds. The van der Waals surface area contributed by atoms with E-state index in [2.05, 4.69) is 9.97 Å². The van der Waals surface area contributed by atoms with E-state index in [-0.39, 0.29) is 17.2 Å². The monoisotopic (exact) mass is 337 g/mol. The molecule has 1 saturated heterocycles. The predicted molar refractivity (Wildman–Crippen MR) is 94.5 cm³/mol. The van der Waals surface area contributed by atoms with Crippen LogP contribution in [0.1, 0.15) is 42.9 Å². The van der Waals surface area contributed by atoms with Crippen LogP contribution in [0.15, 0.2) is 42.9 Å². The van der Waals surface area contributed by atoms with Crippen LogP contribution in [0.5, 0.6) is 5.75 Å². The molecule has 1 atom stereocenters. The lowest BCUT2D eigenvalue weighted by molar-refractivity contribution is -0.135. The number of carbonyl (C=O) groups is 1. The number of amides is 1. The van der Waals surface area contributed by atoms with Crippen LogP contribution in [0.2, 0.25) is 0 Å². The quantitative estimate of drug-likeness (QED) is 0.861. The van der Waals surface area contributed by atoms with Gasteiger partial charge in [0.25, 0.3) is 0 Å². The van der Waals surface area contributed by atoms with E-state index in [1.807, 2.05) is 35.4 Å². The molecule has 0 spiro atoms. The average Bonchev–Trinajstić information content (AvgIpc) is 3.50. The molecule has 1 unspecified atom stereocenters. The zero-order chi connectivity index (χ0) is 17.3. The minimum Gasteiger partial charge on any atom is -0.497 e. The van der Waals surface area contributed by atoms with E-state index in [1.54, 1.807) is 19.5 Å². The number of benzene rings is 1. The Hall–Kier alpha value is -2.43. The van der Waals surface area contributed by atoms with E-state index < -0.39 is 0 Å². The largest absolute Gasteiger partial charge is 0.497 e. The summed E-state index contributed by atoms with van der Waals surface area (Å²) in [6.45, 7) is 1.59. The number of aromatic nitrogens is 2. The van der Waals surface area contributed by atoms with Gasteiger partial charge in [0, 0.05) is 37.6 Å². The Balaban J connectivity index is 1.51. The van der Waals surface area contributed by atoms with Crippen molar-refractivity contribution in [1.82, 2.24) is 14.9 Å². The summed E-state index contributed by atoms with van der Waals surface area (Å²) in [6, 6.07) is 7.96. The fourth-order valence-electron chi connectivity index (χ4n) is 3.89. The smallest absolute Gasteiger partial charge is 0.233 e. The maximum absolute atomic E-state index is 13.3. The lowest BCUT2D eigenvalue weighted by atomic mass is 9.90. The molecular formula is C20H23N3O2. The molecule has 1 aromatic heterocycles. The zero-order valence-electron chi connectivity index (χ0n) is 14.5. The van der Waals surface area contributed by atoms with Gasteiger partial charge in [0.2, 0.25) is 5.91 Å². The van der Waals surface area contributed by atoms with Gasteiger partial charge in [-0.1, -0.05) is 12.1 Å². The molecule has 4 rings (SSSR count). The Kier molecular flexibility index (Phi) is 4.15. The van der Waals surface area contributed by atoms with Crippen LogP contribution in [-0.4, -0.2) is 41.0 Å². The molecule has 5 nitrogen and oxygen atoms in total. The average molecular weight is 337 g/mol. The van der Waals surface area contributed by atoms with Gasteiger partial charge in [0.1, 0.15) is 5.75 Å². The number of ether oxygens (including phenoxy) is 1. The lowest BCUT2D eigenvalue weighted by Crippen LogP contribution is -2.44. The summed E-state index contributed by atoms with van der Waals surface area (Å²) in [5.74, 6) is 1.39. The molecule has 5 heteroatoms. The number of carbonyl (C=O) groups excluding carboxylic acids is 1. The Morgan fingerprint density at radius 2 is 2.04 bits per heavy atom. The first-order chi connectivity index (χ1) is 12.2. The molecule has 1 aliphatic heterocycles. The number of hydrogen-bond acceptors (Lipinski definition) is 4. The first kappa shape index (κ1) is 16.1. The van der Waals surface area contributed by atoms with E-state index in [0.717, 1.165) is 55.8 Å². The Morgan fingerprint density at radius 1 is 1.24 bits per heavy atom. The van der Waals surface area contributed by atoms with E-state index in [1.165, 1.54) is 0 Å². The number of likely N-dealkylation sites (tertiary alicyclic amines) is 1. The molecule has 130 valence electrons. The number of methoxy groups -OCH3 is 1. The fraction of sp³-hybridized carbons (Fsp3) is 0.450. The summed E-state index contributed by atoms with van der Waals surface area (Å²) in [7, 11) is 1.66. The molecule has 0 bridgehead atoms. The molecule has 2 fully saturated rings. The van der Waals surface area contributed by atoms with Gasteiger partial charge in [-0.15, -0.1) is 0 Å². The van der Waals surface area contributed by atoms with Crippen LogP contribution in [0.25, 0.3) is 0 Å². The van der Waals surface area contributed by atoms with Gasteiger partial charge in [-0.3, -0.25) is 14.8 Å². The van der Waals surface area contributed by atoms with Crippen molar-refractivity contribution in [2.24, 2.45) is 0 Å². The lowest BCUT2D eigenvalue weighted by Gasteiger charge is -2.35. The van der Waals surface area contributed by atoms with Crippen LogP contribution in [-0.2, 0) is 10.2 Å². The third-order valence-corrected chi connectivity index (χ3v) is 5.51. The highest BCUT2D eigenvalue weighted by atomic mass is 16.5. The molecule has 1 saturated carbocycles. The summed E-state index contributed by atoms with van der Waals surface area (Å²) in [6.07, 6.45) is 9.21. The SMILES string of the molecule is COc1ccc(C2(C(=O)N3CCCC(c4cnccn4)C3)CC2)cc1.